The van der Waals surface area contributed by atoms with Gasteiger partial charge in [0.05, 0.1) is 4.90 Å². The van der Waals surface area contributed by atoms with Crippen LogP contribution in [0.2, 0.25) is 0 Å². The molecule has 7 heteroatoms. The number of amidine groups is 1. The molecule has 32 heavy (non-hydrogen) atoms. The van der Waals surface area contributed by atoms with E-state index < -0.39 is 10.0 Å². The topological polar surface area (TPSA) is 87.6 Å². The molecule has 1 amide bonds. The number of carbonyl (C=O) groups is 1. The van der Waals surface area contributed by atoms with Crippen molar-refractivity contribution in [1.29, 1.82) is 0 Å². The molecule has 1 heterocycles. The van der Waals surface area contributed by atoms with E-state index in [0.717, 1.165) is 24.8 Å². The van der Waals surface area contributed by atoms with Crippen molar-refractivity contribution < 1.29 is 13.2 Å². The molecule has 0 atom stereocenters. The maximum Gasteiger partial charge on any atom is 0.262 e. The highest BCUT2D eigenvalue weighted by atomic mass is 32.2. The van der Waals surface area contributed by atoms with Crippen LogP contribution in [0.1, 0.15) is 57.6 Å². The first-order valence-corrected chi connectivity index (χ1v) is 12.4. The molecule has 170 valence electrons. The highest BCUT2D eigenvalue weighted by Gasteiger charge is 2.17. The van der Waals surface area contributed by atoms with Crippen molar-refractivity contribution in [3.63, 3.8) is 0 Å². The lowest BCUT2D eigenvalue weighted by Gasteiger charge is -2.18. The third kappa shape index (κ3) is 6.79. The van der Waals surface area contributed by atoms with Crippen LogP contribution in [-0.4, -0.2) is 26.7 Å². The van der Waals surface area contributed by atoms with E-state index in [9.17, 15) is 13.2 Å². The molecule has 0 unspecified atom stereocenters. The van der Waals surface area contributed by atoms with Gasteiger partial charge in [0.25, 0.3) is 10.0 Å². The second-order valence-electron chi connectivity index (χ2n) is 8.96. The number of hydrogen-bond acceptors (Lipinski definition) is 4. The summed E-state index contributed by atoms with van der Waals surface area (Å²) in [7, 11) is -3.69. The van der Waals surface area contributed by atoms with E-state index in [1.54, 1.807) is 18.2 Å². The Morgan fingerprint density at radius 1 is 0.969 bits per heavy atom. The van der Waals surface area contributed by atoms with Crippen LogP contribution in [0.25, 0.3) is 6.08 Å². The molecule has 0 radical (unpaired) electrons. The monoisotopic (exact) mass is 453 g/mol. The number of carbonyl (C=O) groups excluding carboxylic acids is 1. The largest absolute Gasteiger partial charge is 0.323 e. The Morgan fingerprint density at radius 3 is 2.31 bits per heavy atom. The molecule has 6 nitrogen and oxygen atoms in total. The summed E-state index contributed by atoms with van der Waals surface area (Å²) in [6.45, 7) is 7.12. The van der Waals surface area contributed by atoms with Crippen molar-refractivity contribution >= 4 is 33.5 Å². The Bertz CT molecular complexity index is 1090. The number of aliphatic imine (C=N–C) groups is 1. The van der Waals surface area contributed by atoms with Crippen LogP contribution in [0, 0.1) is 0 Å². The fourth-order valence-corrected chi connectivity index (χ4v) is 4.43. The normalized spacial score (nSPS) is 15.2. The summed E-state index contributed by atoms with van der Waals surface area (Å²) < 4.78 is 27.8. The number of nitrogens with one attached hydrogen (secondary N) is 2. The Balaban J connectivity index is 1.59. The van der Waals surface area contributed by atoms with Gasteiger partial charge in [0.15, 0.2) is 0 Å². The first kappa shape index (κ1) is 23.7. The smallest absolute Gasteiger partial charge is 0.262 e. The molecule has 0 fully saturated rings. The predicted molar refractivity (Wildman–Crippen MR) is 130 cm³/mol. The quantitative estimate of drug-likeness (QED) is 0.632. The van der Waals surface area contributed by atoms with Crippen molar-refractivity contribution in [3.05, 3.63) is 65.7 Å². The van der Waals surface area contributed by atoms with Gasteiger partial charge in [-0.05, 0) is 59.7 Å². The molecule has 0 saturated heterocycles. The Morgan fingerprint density at radius 2 is 1.66 bits per heavy atom. The summed E-state index contributed by atoms with van der Waals surface area (Å²) in [4.78, 5) is 16.7. The molecule has 2 aromatic carbocycles. The van der Waals surface area contributed by atoms with Gasteiger partial charge in [0.1, 0.15) is 5.84 Å². The van der Waals surface area contributed by atoms with E-state index >= 15 is 0 Å². The summed E-state index contributed by atoms with van der Waals surface area (Å²) in [6, 6.07) is 14.2. The molecule has 0 bridgehead atoms. The highest BCUT2D eigenvalue weighted by molar-refractivity contribution is 7.90. The minimum absolute atomic E-state index is 0.0813. The van der Waals surface area contributed by atoms with Crippen molar-refractivity contribution in [1.82, 2.24) is 4.72 Å². The minimum atomic E-state index is -3.69. The first-order chi connectivity index (χ1) is 15.1. The Labute approximate surface area is 190 Å². The summed E-state index contributed by atoms with van der Waals surface area (Å²) >= 11 is 0. The first-order valence-electron chi connectivity index (χ1n) is 10.9. The van der Waals surface area contributed by atoms with Gasteiger partial charge in [-0.25, -0.2) is 8.42 Å². The molecule has 0 spiro atoms. The SMILES string of the molecule is CC(C)(C)c1ccc(/C=C/C(=O)Nc2ccc(S(=O)(=O)NC3=NCCCCC3)cc2)cc1. The molecule has 2 N–H and O–H groups in total. The van der Waals surface area contributed by atoms with E-state index in [4.69, 9.17) is 0 Å². The summed E-state index contributed by atoms with van der Waals surface area (Å²) in [5.74, 6) is 0.229. The van der Waals surface area contributed by atoms with E-state index in [2.05, 4.69) is 47.9 Å². The zero-order valence-corrected chi connectivity index (χ0v) is 19.7. The summed E-state index contributed by atoms with van der Waals surface area (Å²) in [5, 5.41) is 2.75. The molecule has 2 aromatic rings. The van der Waals surface area contributed by atoms with Crippen LogP contribution in [0.4, 0.5) is 5.69 Å². The van der Waals surface area contributed by atoms with Crippen molar-refractivity contribution in [2.75, 3.05) is 11.9 Å². The van der Waals surface area contributed by atoms with Crippen LogP contribution in [-0.2, 0) is 20.2 Å². The van der Waals surface area contributed by atoms with Gasteiger partial charge < -0.3 is 5.32 Å². The zero-order valence-electron chi connectivity index (χ0n) is 18.9. The molecule has 1 aliphatic heterocycles. The molecule has 1 aliphatic rings. The number of benzene rings is 2. The van der Waals surface area contributed by atoms with Crippen LogP contribution in [0.15, 0.2) is 64.5 Å². The van der Waals surface area contributed by atoms with Crippen LogP contribution in [0.3, 0.4) is 0 Å². The second kappa shape index (κ2) is 10.1. The summed E-state index contributed by atoms with van der Waals surface area (Å²) in [5.41, 5.74) is 2.77. The number of rotatable bonds is 5. The van der Waals surface area contributed by atoms with Gasteiger partial charge in [-0.2, -0.15) is 0 Å². The third-order valence-corrected chi connectivity index (χ3v) is 6.66. The van der Waals surface area contributed by atoms with Gasteiger partial charge in [-0.3, -0.25) is 14.5 Å². The van der Waals surface area contributed by atoms with Crippen LogP contribution in [0.5, 0.6) is 0 Å². The average molecular weight is 454 g/mol. The predicted octanol–water partition coefficient (Wildman–Crippen LogP) is 4.89. The van der Waals surface area contributed by atoms with Gasteiger partial charge in [-0.1, -0.05) is 51.5 Å². The van der Waals surface area contributed by atoms with E-state index in [1.807, 2.05) is 12.1 Å². The Hall–Kier alpha value is -2.93. The number of sulfonamides is 1. The van der Waals surface area contributed by atoms with Crippen molar-refractivity contribution in [2.24, 2.45) is 4.99 Å². The zero-order chi connectivity index (χ0) is 23.2. The maximum absolute atomic E-state index is 12.6. The number of amides is 1. The molecule has 0 aliphatic carbocycles. The Kier molecular flexibility index (Phi) is 7.51. The van der Waals surface area contributed by atoms with Crippen molar-refractivity contribution in [3.8, 4) is 0 Å². The van der Waals surface area contributed by atoms with E-state index in [0.29, 0.717) is 24.5 Å². The second-order valence-corrected chi connectivity index (χ2v) is 10.6. The highest BCUT2D eigenvalue weighted by Crippen LogP contribution is 2.22. The molecular weight excluding hydrogens is 422 g/mol. The van der Waals surface area contributed by atoms with E-state index in [-0.39, 0.29) is 16.2 Å². The van der Waals surface area contributed by atoms with Gasteiger partial charge in [-0.15, -0.1) is 0 Å². The number of anilines is 1. The number of hydrogen-bond donors (Lipinski definition) is 2. The fourth-order valence-electron chi connectivity index (χ4n) is 3.34. The molecule has 3 rings (SSSR count). The van der Waals surface area contributed by atoms with Gasteiger partial charge in [0.2, 0.25) is 5.91 Å². The van der Waals surface area contributed by atoms with Gasteiger partial charge >= 0.3 is 0 Å². The fraction of sp³-hybridized carbons (Fsp3) is 0.360. The lowest BCUT2D eigenvalue weighted by atomic mass is 9.87. The molecule has 0 aromatic heterocycles. The lowest BCUT2D eigenvalue weighted by molar-refractivity contribution is -0.111. The van der Waals surface area contributed by atoms with E-state index in [1.165, 1.54) is 23.8 Å². The summed E-state index contributed by atoms with van der Waals surface area (Å²) in [6.07, 6.45) is 6.82. The standard InChI is InChI=1S/C25H31N3O3S/c1-25(2,3)20-11-8-19(9-12-20)10-17-24(29)27-21-13-15-22(16-14-21)32(30,31)28-23-7-5-4-6-18-26-23/h8-17H,4-7,18H2,1-3H3,(H,26,28)(H,27,29)/b17-10+. The average Bonchev–Trinajstić information content (AvgIpc) is 3.00. The molecular formula is C25H31N3O3S. The third-order valence-electron chi connectivity index (χ3n) is 5.26. The van der Waals surface area contributed by atoms with Gasteiger partial charge in [0, 0.05) is 24.7 Å². The maximum atomic E-state index is 12.6. The molecule has 0 saturated carbocycles. The minimum Gasteiger partial charge on any atom is -0.323 e. The van der Waals surface area contributed by atoms with Crippen LogP contribution < -0.4 is 10.0 Å². The van der Waals surface area contributed by atoms with Crippen molar-refractivity contribution in [2.45, 2.75) is 56.8 Å². The number of nitrogens with zero attached hydrogens (tertiary/aromatic N) is 1. The lowest BCUT2D eigenvalue weighted by Crippen LogP contribution is -2.30. The van der Waals surface area contributed by atoms with Crippen LogP contribution >= 0.6 is 0 Å².